The molecule has 1 fully saturated rings. The van der Waals surface area contributed by atoms with Gasteiger partial charge in [0, 0.05) is 29.7 Å². The van der Waals surface area contributed by atoms with Crippen LogP contribution in [0, 0.1) is 0 Å². The number of fused-ring (bicyclic) bond motifs is 1. The molecule has 110 valence electrons. The van der Waals surface area contributed by atoms with Crippen molar-refractivity contribution in [2.75, 3.05) is 18.0 Å². The van der Waals surface area contributed by atoms with Gasteiger partial charge >= 0.3 is 0 Å². The van der Waals surface area contributed by atoms with E-state index in [-0.39, 0.29) is 5.84 Å². The SMILES string of the molecule is N/C(=N/O)c1ccc(N2CCCCCC2)c2ccccc12. The van der Waals surface area contributed by atoms with Crippen LogP contribution in [-0.4, -0.2) is 24.1 Å². The van der Waals surface area contributed by atoms with Crippen molar-refractivity contribution in [2.45, 2.75) is 25.7 Å². The number of nitrogens with two attached hydrogens (primary N) is 1. The molecule has 0 aliphatic carbocycles. The van der Waals surface area contributed by atoms with Gasteiger partial charge in [0.25, 0.3) is 0 Å². The van der Waals surface area contributed by atoms with Crippen LogP contribution >= 0.6 is 0 Å². The maximum absolute atomic E-state index is 8.96. The van der Waals surface area contributed by atoms with Gasteiger partial charge in [-0.2, -0.15) is 0 Å². The number of hydrogen-bond donors (Lipinski definition) is 2. The summed E-state index contributed by atoms with van der Waals surface area (Å²) in [6.07, 6.45) is 5.12. The summed E-state index contributed by atoms with van der Waals surface area (Å²) in [7, 11) is 0. The predicted molar refractivity (Wildman–Crippen MR) is 87.1 cm³/mol. The Bertz CT molecular complexity index is 658. The Balaban J connectivity index is 2.12. The van der Waals surface area contributed by atoms with Crippen molar-refractivity contribution >= 4 is 22.3 Å². The Kier molecular flexibility index (Phi) is 3.95. The Labute approximate surface area is 124 Å². The van der Waals surface area contributed by atoms with Crippen LogP contribution in [0.1, 0.15) is 31.2 Å². The topological polar surface area (TPSA) is 61.9 Å². The van der Waals surface area contributed by atoms with Crippen LogP contribution in [0.3, 0.4) is 0 Å². The van der Waals surface area contributed by atoms with Crippen LogP contribution in [0.4, 0.5) is 5.69 Å². The molecule has 0 bridgehead atoms. The fourth-order valence-corrected chi connectivity index (χ4v) is 3.15. The van der Waals surface area contributed by atoms with Crippen molar-refractivity contribution < 1.29 is 5.21 Å². The zero-order valence-corrected chi connectivity index (χ0v) is 12.1. The number of amidine groups is 1. The van der Waals surface area contributed by atoms with Crippen LogP contribution in [0.5, 0.6) is 0 Å². The molecular weight excluding hydrogens is 262 g/mol. The highest BCUT2D eigenvalue weighted by Gasteiger charge is 2.15. The van der Waals surface area contributed by atoms with E-state index in [0.29, 0.717) is 0 Å². The molecule has 0 unspecified atom stereocenters. The number of hydrogen-bond acceptors (Lipinski definition) is 3. The molecule has 3 rings (SSSR count). The number of nitrogens with zero attached hydrogens (tertiary/aromatic N) is 2. The van der Waals surface area contributed by atoms with E-state index < -0.39 is 0 Å². The molecule has 0 radical (unpaired) electrons. The van der Waals surface area contributed by atoms with Crippen molar-refractivity contribution in [1.82, 2.24) is 0 Å². The van der Waals surface area contributed by atoms with E-state index in [1.165, 1.54) is 36.8 Å². The second-order valence-electron chi connectivity index (χ2n) is 5.56. The van der Waals surface area contributed by atoms with Gasteiger partial charge in [-0.15, -0.1) is 0 Å². The Morgan fingerprint density at radius 3 is 2.29 bits per heavy atom. The molecule has 2 aromatic carbocycles. The van der Waals surface area contributed by atoms with Crippen LogP contribution in [-0.2, 0) is 0 Å². The quantitative estimate of drug-likeness (QED) is 0.385. The van der Waals surface area contributed by atoms with Crippen molar-refractivity contribution in [2.24, 2.45) is 10.9 Å². The summed E-state index contributed by atoms with van der Waals surface area (Å²) in [5.41, 5.74) is 7.84. The first-order chi connectivity index (χ1) is 10.3. The van der Waals surface area contributed by atoms with E-state index in [1.54, 1.807) is 0 Å². The third kappa shape index (κ3) is 2.66. The van der Waals surface area contributed by atoms with Crippen molar-refractivity contribution in [3.8, 4) is 0 Å². The van der Waals surface area contributed by atoms with E-state index >= 15 is 0 Å². The largest absolute Gasteiger partial charge is 0.409 e. The minimum atomic E-state index is 0.161. The van der Waals surface area contributed by atoms with E-state index in [1.807, 2.05) is 24.3 Å². The lowest BCUT2D eigenvalue weighted by Gasteiger charge is -2.25. The maximum atomic E-state index is 8.96. The van der Waals surface area contributed by atoms with Crippen LogP contribution < -0.4 is 10.6 Å². The Morgan fingerprint density at radius 2 is 1.62 bits per heavy atom. The fourth-order valence-electron chi connectivity index (χ4n) is 3.15. The van der Waals surface area contributed by atoms with E-state index in [9.17, 15) is 0 Å². The maximum Gasteiger partial charge on any atom is 0.170 e. The van der Waals surface area contributed by atoms with Gasteiger partial charge in [-0.25, -0.2) is 0 Å². The zero-order valence-electron chi connectivity index (χ0n) is 12.1. The Hall–Kier alpha value is -2.23. The second kappa shape index (κ2) is 6.04. The molecule has 2 aromatic rings. The van der Waals surface area contributed by atoms with Gasteiger partial charge in [0.15, 0.2) is 5.84 Å². The van der Waals surface area contributed by atoms with Crippen molar-refractivity contribution in [1.29, 1.82) is 0 Å². The lowest BCUT2D eigenvalue weighted by atomic mass is 10.0. The lowest BCUT2D eigenvalue weighted by molar-refractivity contribution is 0.318. The molecule has 0 saturated carbocycles. The molecule has 1 aliphatic rings. The summed E-state index contributed by atoms with van der Waals surface area (Å²) in [5, 5.41) is 14.3. The monoisotopic (exact) mass is 283 g/mol. The number of oxime groups is 1. The highest BCUT2D eigenvalue weighted by molar-refractivity contribution is 6.11. The van der Waals surface area contributed by atoms with Gasteiger partial charge in [0.2, 0.25) is 0 Å². The molecule has 3 N–H and O–H groups in total. The molecule has 1 saturated heterocycles. The summed E-state index contributed by atoms with van der Waals surface area (Å²) in [6, 6.07) is 12.2. The average Bonchev–Trinajstić information content (AvgIpc) is 2.82. The fraction of sp³-hybridized carbons (Fsp3) is 0.353. The molecule has 1 heterocycles. The summed E-state index contributed by atoms with van der Waals surface area (Å²) in [5.74, 6) is 0.161. The van der Waals surface area contributed by atoms with Crippen LogP contribution in [0.2, 0.25) is 0 Å². The Morgan fingerprint density at radius 1 is 0.952 bits per heavy atom. The molecule has 4 nitrogen and oxygen atoms in total. The zero-order chi connectivity index (χ0) is 14.7. The lowest BCUT2D eigenvalue weighted by Crippen LogP contribution is -2.24. The molecule has 0 aromatic heterocycles. The molecule has 0 amide bonds. The van der Waals surface area contributed by atoms with Gasteiger partial charge < -0.3 is 15.8 Å². The first kappa shape index (κ1) is 13.7. The average molecular weight is 283 g/mol. The second-order valence-corrected chi connectivity index (χ2v) is 5.56. The number of benzene rings is 2. The third-order valence-corrected chi connectivity index (χ3v) is 4.23. The smallest absolute Gasteiger partial charge is 0.170 e. The molecule has 21 heavy (non-hydrogen) atoms. The summed E-state index contributed by atoms with van der Waals surface area (Å²) >= 11 is 0. The van der Waals surface area contributed by atoms with Gasteiger partial charge in [-0.05, 0) is 30.4 Å². The summed E-state index contributed by atoms with van der Waals surface area (Å²) in [6.45, 7) is 2.21. The van der Waals surface area contributed by atoms with E-state index in [2.05, 4.69) is 22.2 Å². The normalized spacial score (nSPS) is 17.0. The minimum Gasteiger partial charge on any atom is -0.409 e. The standard InChI is InChI=1S/C17H21N3O/c18-17(19-21)15-9-10-16(14-8-4-3-7-13(14)15)20-11-5-1-2-6-12-20/h3-4,7-10,21H,1-2,5-6,11-12H2,(H2,18,19). The van der Waals surface area contributed by atoms with E-state index in [4.69, 9.17) is 10.9 Å². The van der Waals surface area contributed by atoms with Gasteiger partial charge in [0.1, 0.15) is 0 Å². The number of anilines is 1. The van der Waals surface area contributed by atoms with Gasteiger partial charge in [0.05, 0.1) is 0 Å². The first-order valence-electron chi connectivity index (χ1n) is 7.56. The molecule has 0 spiro atoms. The molecule has 1 aliphatic heterocycles. The van der Waals surface area contributed by atoms with Gasteiger partial charge in [-0.3, -0.25) is 0 Å². The summed E-state index contributed by atoms with van der Waals surface area (Å²) in [4.78, 5) is 2.46. The van der Waals surface area contributed by atoms with Gasteiger partial charge in [-0.1, -0.05) is 42.3 Å². The predicted octanol–water partition coefficient (Wildman–Crippen LogP) is 3.31. The highest BCUT2D eigenvalue weighted by Crippen LogP contribution is 2.31. The van der Waals surface area contributed by atoms with Crippen LogP contribution in [0.25, 0.3) is 10.8 Å². The van der Waals surface area contributed by atoms with Crippen LogP contribution in [0.15, 0.2) is 41.6 Å². The highest BCUT2D eigenvalue weighted by atomic mass is 16.4. The summed E-state index contributed by atoms with van der Waals surface area (Å²) < 4.78 is 0. The minimum absolute atomic E-state index is 0.161. The van der Waals surface area contributed by atoms with Crippen molar-refractivity contribution in [3.05, 3.63) is 42.0 Å². The first-order valence-corrected chi connectivity index (χ1v) is 7.56. The molecule has 4 heteroatoms. The van der Waals surface area contributed by atoms with Crippen molar-refractivity contribution in [3.63, 3.8) is 0 Å². The number of rotatable bonds is 2. The third-order valence-electron chi connectivity index (χ3n) is 4.23. The molecule has 0 atom stereocenters. The van der Waals surface area contributed by atoms with E-state index in [0.717, 1.165) is 24.0 Å². The molecular formula is C17H21N3O.